The summed E-state index contributed by atoms with van der Waals surface area (Å²) in [5.41, 5.74) is 0.974. The zero-order chi connectivity index (χ0) is 13.0. The van der Waals surface area contributed by atoms with Crippen LogP contribution in [-0.4, -0.2) is 46.0 Å². The fraction of sp³-hybridized carbons (Fsp3) is 0.600. The molecule has 1 aromatic rings. The van der Waals surface area contributed by atoms with Gasteiger partial charge in [0.1, 0.15) is 0 Å². The first-order valence-corrected chi connectivity index (χ1v) is 5.62. The number of rotatable bonds is 5. The van der Waals surface area contributed by atoms with E-state index in [1.165, 1.54) is 10.9 Å². The first-order chi connectivity index (χ1) is 7.97. The average molecular weight is 266 g/mol. The molecule has 96 valence electrons. The van der Waals surface area contributed by atoms with Crippen molar-refractivity contribution in [3.8, 4) is 0 Å². The predicted octanol–water partition coefficient (Wildman–Crippen LogP) is 1.67. The highest BCUT2D eigenvalue weighted by molar-refractivity contribution is 6.18. The quantitative estimate of drug-likeness (QED) is 0.760. The van der Waals surface area contributed by atoms with Crippen LogP contribution >= 0.6 is 11.6 Å². The zero-order valence-electron chi connectivity index (χ0n) is 9.66. The molecule has 0 aromatic carbocycles. The zero-order valence-corrected chi connectivity index (χ0v) is 10.4. The third-order valence-corrected chi connectivity index (χ3v) is 2.63. The topological polar surface area (TPSA) is 38.1 Å². The lowest BCUT2D eigenvalue weighted by atomic mass is 10.2. The van der Waals surface area contributed by atoms with Crippen molar-refractivity contribution in [1.29, 1.82) is 0 Å². The van der Waals surface area contributed by atoms with Gasteiger partial charge in [-0.15, -0.1) is 11.6 Å². The number of halogens is 3. The molecule has 1 rings (SSSR count). The number of hydrogen-bond acceptors (Lipinski definition) is 2. The number of alkyl halides is 3. The van der Waals surface area contributed by atoms with E-state index in [2.05, 4.69) is 5.10 Å². The second kappa shape index (κ2) is 5.95. The van der Waals surface area contributed by atoms with Crippen LogP contribution in [0.2, 0.25) is 0 Å². The summed E-state index contributed by atoms with van der Waals surface area (Å²) in [6.07, 6.45) is -1.19. The van der Waals surface area contributed by atoms with E-state index in [0.29, 0.717) is 11.3 Å². The van der Waals surface area contributed by atoms with Crippen LogP contribution in [0.15, 0.2) is 6.20 Å². The maximum atomic E-state index is 12.3. The van der Waals surface area contributed by atoms with Gasteiger partial charge in [0.2, 0.25) is 0 Å². The van der Waals surface area contributed by atoms with Crippen molar-refractivity contribution < 1.29 is 13.6 Å². The van der Waals surface area contributed by atoms with Gasteiger partial charge in [0.05, 0.1) is 18.3 Å². The lowest BCUT2D eigenvalue weighted by Gasteiger charge is -2.20. The number of carbonyl (C=O) groups is 1. The molecule has 0 radical (unpaired) electrons. The van der Waals surface area contributed by atoms with Crippen LogP contribution in [0.4, 0.5) is 8.78 Å². The molecule has 0 fully saturated rings. The van der Waals surface area contributed by atoms with E-state index in [1.807, 2.05) is 0 Å². The Morgan fingerprint density at radius 3 is 2.71 bits per heavy atom. The number of aromatic nitrogens is 2. The van der Waals surface area contributed by atoms with E-state index in [4.69, 9.17) is 11.6 Å². The van der Waals surface area contributed by atoms with Crippen molar-refractivity contribution in [1.82, 2.24) is 14.7 Å². The van der Waals surface area contributed by atoms with Gasteiger partial charge in [-0.05, 0) is 6.92 Å². The van der Waals surface area contributed by atoms with E-state index in [9.17, 15) is 13.6 Å². The summed E-state index contributed by atoms with van der Waals surface area (Å²) in [7, 11) is 1.69. The molecular formula is C10H14ClF2N3O. The van der Waals surface area contributed by atoms with E-state index in [1.54, 1.807) is 14.0 Å². The minimum absolute atomic E-state index is 0.0963. The summed E-state index contributed by atoms with van der Waals surface area (Å²) in [4.78, 5) is 13.0. The molecule has 7 heteroatoms. The van der Waals surface area contributed by atoms with Gasteiger partial charge in [0.25, 0.3) is 12.3 Å². The largest absolute Gasteiger partial charge is 0.332 e. The van der Waals surface area contributed by atoms with E-state index in [0.717, 1.165) is 4.90 Å². The number of nitrogens with zero attached hydrogens (tertiary/aromatic N) is 3. The third kappa shape index (κ3) is 3.39. The SMILES string of the molecule is Cc1c(C(=O)N(CCCl)CC(F)F)cnn1C. The van der Waals surface area contributed by atoms with Gasteiger partial charge in [-0.25, -0.2) is 8.78 Å². The van der Waals surface area contributed by atoms with Gasteiger partial charge in [-0.2, -0.15) is 5.10 Å². The summed E-state index contributed by atoms with van der Waals surface area (Å²) in [5, 5.41) is 3.91. The maximum absolute atomic E-state index is 12.3. The van der Waals surface area contributed by atoms with Crippen LogP contribution in [0.5, 0.6) is 0 Å². The predicted molar refractivity (Wildman–Crippen MR) is 60.6 cm³/mol. The maximum Gasteiger partial charge on any atom is 0.257 e. The Morgan fingerprint density at radius 1 is 1.65 bits per heavy atom. The molecule has 0 bridgehead atoms. The number of aryl methyl sites for hydroxylation is 1. The van der Waals surface area contributed by atoms with Crippen LogP contribution in [-0.2, 0) is 7.05 Å². The smallest absolute Gasteiger partial charge is 0.257 e. The molecule has 1 aromatic heterocycles. The highest BCUT2D eigenvalue weighted by atomic mass is 35.5. The molecule has 1 heterocycles. The Hall–Kier alpha value is -1.17. The molecule has 0 aliphatic carbocycles. The number of hydrogen-bond donors (Lipinski definition) is 0. The van der Waals surface area contributed by atoms with Crippen molar-refractivity contribution in [3.63, 3.8) is 0 Å². The van der Waals surface area contributed by atoms with Crippen LogP contribution in [0.1, 0.15) is 16.1 Å². The molecular weight excluding hydrogens is 252 g/mol. The third-order valence-electron chi connectivity index (χ3n) is 2.47. The van der Waals surface area contributed by atoms with E-state index < -0.39 is 18.9 Å². The molecule has 0 saturated carbocycles. The Morgan fingerprint density at radius 2 is 2.29 bits per heavy atom. The molecule has 1 amide bonds. The first kappa shape index (κ1) is 13.9. The minimum Gasteiger partial charge on any atom is -0.332 e. The molecule has 0 saturated heterocycles. The van der Waals surface area contributed by atoms with Gasteiger partial charge in [-0.1, -0.05) is 0 Å². The fourth-order valence-corrected chi connectivity index (χ4v) is 1.63. The first-order valence-electron chi connectivity index (χ1n) is 5.09. The van der Waals surface area contributed by atoms with Crippen molar-refractivity contribution in [2.75, 3.05) is 19.0 Å². The minimum atomic E-state index is -2.57. The molecule has 17 heavy (non-hydrogen) atoms. The molecule has 4 nitrogen and oxygen atoms in total. The second-order valence-corrected chi connectivity index (χ2v) is 3.98. The van der Waals surface area contributed by atoms with Gasteiger partial charge in [-0.3, -0.25) is 9.48 Å². The summed E-state index contributed by atoms with van der Waals surface area (Å²) in [6, 6.07) is 0. The number of carbonyl (C=O) groups excluding carboxylic acids is 1. The Bertz CT molecular complexity index is 395. The summed E-state index contributed by atoms with van der Waals surface area (Å²) < 4.78 is 26.2. The normalized spacial score (nSPS) is 10.9. The van der Waals surface area contributed by atoms with Gasteiger partial charge in [0, 0.05) is 25.2 Å². The van der Waals surface area contributed by atoms with E-state index >= 15 is 0 Å². The van der Waals surface area contributed by atoms with Crippen LogP contribution < -0.4 is 0 Å². The van der Waals surface area contributed by atoms with Gasteiger partial charge in [0.15, 0.2) is 0 Å². The summed E-state index contributed by atoms with van der Waals surface area (Å²) >= 11 is 5.50. The lowest BCUT2D eigenvalue weighted by Crippen LogP contribution is -2.36. The Labute approximate surface area is 103 Å². The Balaban J connectivity index is 2.87. The number of amides is 1. The van der Waals surface area contributed by atoms with E-state index in [-0.39, 0.29) is 12.4 Å². The lowest BCUT2D eigenvalue weighted by molar-refractivity contribution is 0.0570. The van der Waals surface area contributed by atoms with Crippen molar-refractivity contribution in [2.45, 2.75) is 13.3 Å². The second-order valence-electron chi connectivity index (χ2n) is 3.60. The molecule has 0 unspecified atom stereocenters. The standard InChI is InChI=1S/C10H14ClF2N3O/c1-7-8(5-14-15(7)2)10(17)16(4-3-11)6-9(12)13/h5,9H,3-4,6H2,1-2H3. The van der Waals surface area contributed by atoms with Crippen molar-refractivity contribution in [2.24, 2.45) is 7.05 Å². The van der Waals surface area contributed by atoms with Crippen LogP contribution in [0.25, 0.3) is 0 Å². The van der Waals surface area contributed by atoms with Gasteiger partial charge < -0.3 is 4.90 Å². The van der Waals surface area contributed by atoms with Crippen molar-refractivity contribution in [3.05, 3.63) is 17.5 Å². The van der Waals surface area contributed by atoms with Crippen LogP contribution in [0, 0.1) is 6.92 Å². The molecule has 0 aliphatic rings. The van der Waals surface area contributed by atoms with Gasteiger partial charge >= 0.3 is 0 Å². The van der Waals surface area contributed by atoms with Crippen LogP contribution in [0.3, 0.4) is 0 Å². The average Bonchev–Trinajstić information content (AvgIpc) is 2.58. The molecule has 0 atom stereocenters. The monoisotopic (exact) mass is 265 g/mol. The summed E-state index contributed by atoms with van der Waals surface area (Å²) in [6.45, 7) is 1.19. The molecule has 0 spiro atoms. The Kier molecular flexibility index (Phi) is 4.86. The highest BCUT2D eigenvalue weighted by Gasteiger charge is 2.22. The highest BCUT2D eigenvalue weighted by Crippen LogP contribution is 2.11. The molecule has 0 N–H and O–H groups in total. The summed E-state index contributed by atoms with van der Waals surface area (Å²) in [5.74, 6) is -0.339. The van der Waals surface area contributed by atoms with Crippen molar-refractivity contribution >= 4 is 17.5 Å². The molecule has 0 aliphatic heterocycles. The fourth-order valence-electron chi connectivity index (χ4n) is 1.42.